The first-order valence-corrected chi connectivity index (χ1v) is 8.44. The predicted molar refractivity (Wildman–Crippen MR) is 99.1 cm³/mol. The third-order valence-electron chi connectivity index (χ3n) is 4.34. The second kappa shape index (κ2) is 8.04. The van der Waals surface area contributed by atoms with Crippen LogP contribution in [0.1, 0.15) is 11.1 Å². The fourth-order valence-corrected chi connectivity index (χ4v) is 3.02. The van der Waals surface area contributed by atoms with E-state index in [1.807, 2.05) is 24.5 Å². The van der Waals surface area contributed by atoms with Crippen LogP contribution in [0.5, 0.6) is 0 Å². The molecule has 24 heavy (non-hydrogen) atoms. The number of fused-ring (bicyclic) bond motifs is 1. The van der Waals surface area contributed by atoms with E-state index in [0.29, 0.717) is 13.0 Å². The molecule has 0 fully saturated rings. The van der Waals surface area contributed by atoms with Gasteiger partial charge in [0.25, 0.3) is 0 Å². The van der Waals surface area contributed by atoms with Gasteiger partial charge in [-0.1, -0.05) is 42.5 Å². The van der Waals surface area contributed by atoms with Crippen molar-refractivity contribution in [2.75, 3.05) is 20.1 Å². The lowest BCUT2D eigenvalue weighted by Gasteiger charge is -2.20. The molecule has 3 rings (SSSR count). The molecule has 1 atom stereocenters. The molecular formula is C21H24N2O. The van der Waals surface area contributed by atoms with Gasteiger partial charge in [0.05, 0.1) is 6.10 Å². The third-order valence-corrected chi connectivity index (χ3v) is 4.34. The topological polar surface area (TPSA) is 36.4 Å². The summed E-state index contributed by atoms with van der Waals surface area (Å²) < 4.78 is 0. The van der Waals surface area contributed by atoms with Crippen molar-refractivity contribution >= 4 is 10.8 Å². The van der Waals surface area contributed by atoms with Crippen molar-refractivity contribution in [2.24, 2.45) is 0 Å². The lowest BCUT2D eigenvalue weighted by Crippen LogP contribution is -2.32. The van der Waals surface area contributed by atoms with Crippen LogP contribution in [0.3, 0.4) is 0 Å². The minimum Gasteiger partial charge on any atom is -0.391 e. The second-order valence-electron chi connectivity index (χ2n) is 6.41. The standard InChI is InChI=1S/C21H24N2O/c1-23(13-10-17-8-11-22-12-9-17)16-21(24)15-18-6-7-19-4-2-3-5-20(19)14-18/h2-9,11-12,14,21,24H,10,13,15-16H2,1H3. The van der Waals surface area contributed by atoms with Crippen LogP contribution in [0.4, 0.5) is 0 Å². The predicted octanol–water partition coefficient (Wildman–Crippen LogP) is 3.31. The van der Waals surface area contributed by atoms with Gasteiger partial charge in [-0.15, -0.1) is 0 Å². The van der Waals surface area contributed by atoms with Crippen LogP contribution in [0.25, 0.3) is 10.8 Å². The fourth-order valence-electron chi connectivity index (χ4n) is 3.02. The van der Waals surface area contributed by atoms with Gasteiger partial charge in [0, 0.05) is 25.5 Å². The van der Waals surface area contributed by atoms with Gasteiger partial charge in [0.1, 0.15) is 0 Å². The maximum atomic E-state index is 10.4. The van der Waals surface area contributed by atoms with Crippen LogP contribution in [-0.2, 0) is 12.8 Å². The Bertz CT molecular complexity index is 773. The summed E-state index contributed by atoms with van der Waals surface area (Å²) in [4.78, 5) is 6.22. The highest BCUT2D eigenvalue weighted by atomic mass is 16.3. The maximum absolute atomic E-state index is 10.4. The minimum atomic E-state index is -0.353. The molecule has 124 valence electrons. The van der Waals surface area contributed by atoms with Gasteiger partial charge >= 0.3 is 0 Å². The Morgan fingerprint density at radius 3 is 2.50 bits per heavy atom. The van der Waals surface area contributed by atoms with Gasteiger partial charge < -0.3 is 10.0 Å². The van der Waals surface area contributed by atoms with Crippen LogP contribution < -0.4 is 0 Å². The van der Waals surface area contributed by atoms with E-state index in [0.717, 1.165) is 13.0 Å². The van der Waals surface area contributed by atoms with Crippen molar-refractivity contribution in [2.45, 2.75) is 18.9 Å². The highest BCUT2D eigenvalue weighted by molar-refractivity contribution is 5.82. The van der Waals surface area contributed by atoms with Gasteiger partial charge in [-0.05, 0) is 53.9 Å². The smallest absolute Gasteiger partial charge is 0.0707 e. The molecule has 2 aromatic carbocycles. The average Bonchev–Trinajstić information content (AvgIpc) is 2.60. The summed E-state index contributed by atoms with van der Waals surface area (Å²) in [6, 6.07) is 18.8. The summed E-state index contributed by atoms with van der Waals surface area (Å²) in [7, 11) is 2.06. The van der Waals surface area contributed by atoms with Crippen molar-refractivity contribution < 1.29 is 5.11 Å². The number of benzene rings is 2. The molecule has 0 amide bonds. The number of hydrogen-bond donors (Lipinski definition) is 1. The Kier molecular flexibility index (Phi) is 5.57. The summed E-state index contributed by atoms with van der Waals surface area (Å²) in [6.45, 7) is 1.61. The number of hydrogen-bond acceptors (Lipinski definition) is 3. The molecule has 0 radical (unpaired) electrons. The maximum Gasteiger partial charge on any atom is 0.0707 e. The van der Waals surface area contributed by atoms with E-state index in [1.54, 1.807) is 0 Å². The summed E-state index contributed by atoms with van der Waals surface area (Å²) in [5.74, 6) is 0. The molecule has 1 aromatic heterocycles. The zero-order chi connectivity index (χ0) is 16.8. The van der Waals surface area contributed by atoms with Crippen LogP contribution >= 0.6 is 0 Å². The van der Waals surface area contributed by atoms with Crippen LogP contribution in [0.15, 0.2) is 67.0 Å². The number of likely N-dealkylation sites (N-methyl/N-ethyl adjacent to an activating group) is 1. The van der Waals surface area contributed by atoms with Crippen molar-refractivity contribution in [1.29, 1.82) is 0 Å². The quantitative estimate of drug-likeness (QED) is 0.725. The van der Waals surface area contributed by atoms with Gasteiger partial charge in [-0.25, -0.2) is 0 Å². The van der Waals surface area contributed by atoms with Gasteiger partial charge in [0.15, 0.2) is 0 Å². The number of aliphatic hydroxyl groups is 1. The highest BCUT2D eigenvalue weighted by Gasteiger charge is 2.10. The minimum absolute atomic E-state index is 0.353. The van der Waals surface area contributed by atoms with Crippen molar-refractivity contribution in [3.8, 4) is 0 Å². The first-order chi connectivity index (χ1) is 11.7. The Morgan fingerprint density at radius 2 is 1.71 bits per heavy atom. The molecule has 0 saturated carbocycles. The number of aliphatic hydroxyl groups excluding tert-OH is 1. The molecule has 3 heteroatoms. The van der Waals surface area contributed by atoms with Gasteiger partial charge in [-0.2, -0.15) is 0 Å². The summed E-state index contributed by atoms with van der Waals surface area (Å²) in [5, 5.41) is 12.9. The Morgan fingerprint density at radius 1 is 0.958 bits per heavy atom. The molecule has 3 nitrogen and oxygen atoms in total. The van der Waals surface area contributed by atoms with Crippen molar-refractivity contribution in [3.05, 3.63) is 78.1 Å². The molecule has 0 bridgehead atoms. The van der Waals surface area contributed by atoms with Crippen LogP contribution in [0, 0.1) is 0 Å². The summed E-state index contributed by atoms with van der Waals surface area (Å²) >= 11 is 0. The van der Waals surface area contributed by atoms with Gasteiger partial charge in [0.2, 0.25) is 0 Å². The SMILES string of the molecule is CN(CCc1ccncc1)CC(O)Cc1ccc2ccccc2c1. The lowest BCUT2D eigenvalue weighted by atomic mass is 10.0. The second-order valence-corrected chi connectivity index (χ2v) is 6.41. The molecule has 0 aliphatic carbocycles. The van der Waals surface area contributed by atoms with E-state index >= 15 is 0 Å². The van der Waals surface area contributed by atoms with Crippen LogP contribution in [0.2, 0.25) is 0 Å². The van der Waals surface area contributed by atoms with E-state index in [-0.39, 0.29) is 6.10 Å². The van der Waals surface area contributed by atoms with E-state index in [1.165, 1.54) is 21.9 Å². The Hall–Kier alpha value is -2.23. The number of nitrogens with zero attached hydrogens (tertiary/aromatic N) is 2. The molecule has 0 spiro atoms. The molecular weight excluding hydrogens is 296 g/mol. The summed E-state index contributed by atoms with van der Waals surface area (Å²) in [6.07, 6.45) is 4.95. The van der Waals surface area contributed by atoms with Gasteiger partial charge in [-0.3, -0.25) is 4.98 Å². The van der Waals surface area contributed by atoms with E-state index in [2.05, 4.69) is 59.4 Å². The molecule has 0 saturated heterocycles. The van der Waals surface area contributed by atoms with E-state index in [9.17, 15) is 5.11 Å². The lowest BCUT2D eigenvalue weighted by molar-refractivity contribution is 0.126. The monoisotopic (exact) mass is 320 g/mol. The first-order valence-electron chi connectivity index (χ1n) is 8.44. The third kappa shape index (κ3) is 4.63. The molecule has 0 aliphatic rings. The summed E-state index contributed by atoms with van der Waals surface area (Å²) in [5.41, 5.74) is 2.46. The number of pyridine rings is 1. The number of rotatable bonds is 7. The first kappa shape index (κ1) is 16.6. The van der Waals surface area contributed by atoms with Crippen LogP contribution in [-0.4, -0.2) is 41.2 Å². The zero-order valence-corrected chi connectivity index (χ0v) is 14.1. The molecule has 3 aromatic rings. The molecule has 1 N–H and O–H groups in total. The fraction of sp³-hybridized carbons (Fsp3) is 0.286. The zero-order valence-electron chi connectivity index (χ0n) is 14.1. The van der Waals surface area contributed by atoms with E-state index < -0.39 is 0 Å². The van der Waals surface area contributed by atoms with Crippen molar-refractivity contribution in [1.82, 2.24) is 9.88 Å². The molecule has 0 aliphatic heterocycles. The Balaban J connectivity index is 1.51. The Labute approximate surface area is 143 Å². The normalized spacial score (nSPS) is 12.6. The average molecular weight is 320 g/mol. The number of aromatic nitrogens is 1. The van der Waals surface area contributed by atoms with Crippen molar-refractivity contribution in [3.63, 3.8) is 0 Å². The van der Waals surface area contributed by atoms with E-state index in [4.69, 9.17) is 0 Å². The molecule has 1 heterocycles. The highest BCUT2D eigenvalue weighted by Crippen LogP contribution is 2.16. The molecule has 1 unspecified atom stereocenters. The largest absolute Gasteiger partial charge is 0.391 e.